The molecule has 0 spiro atoms. The first-order chi connectivity index (χ1) is 14.2. The molecule has 29 heavy (non-hydrogen) atoms. The first-order valence-electron chi connectivity index (χ1n) is 10.1. The van der Waals surface area contributed by atoms with Crippen molar-refractivity contribution in [2.45, 2.75) is 38.6 Å². The van der Waals surface area contributed by atoms with E-state index in [1.807, 2.05) is 50.2 Å². The average molecular weight is 384 g/mol. The second-order valence-electron chi connectivity index (χ2n) is 7.76. The van der Waals surface area contributed by atoms with Gasteiger partial charge in [-0.15, -0.1) is 0 Å². The molecule has 4 heteroatoms. The Kier molecular flexibility index (Phi) is 4.47. The highest BCUT2D eigenvalue weighted by Crippen LogP contribution is 2.47. The van der Waals surface area contributed by atoms with Gasteiger partial charge in [0.05, 0.1) is 17.9 Å². The van der Waals surface area contributed by atoms with Gasteiger partial charge >= 0.3 is 0 Å². The van der Waals surface area contributed by atoms with Crippen LogP contribution in [0.25, 0.3) is 0 Å². The van der Waals surface area contributed by atoms with Gasteiger partial charge in [-0.25, -0.2) is 5.01 Å². The van der Waals surface area contributed by atoms with Crippen LogP contribution < -0.4 is 9.47 Å². The maximum atomic E-state index is 6.38. The molecule has 0 bridgehead atoms. The standard InChI is InChI=1S/C25H24N2O2/c1-17(2)28-20-14-12-18(13-15-20)22-16-23-21-10-6-7-11-24(21)29-25(27(23)26-22)19-8-4-3-5-9-19/h3-15,17,23,25H,16H2,1-2H3/t23-,25-/m0/s1. The third kappa shape index (κ3) is 3.35. The van der Waals surface area contributed by atoms with Gasteiger partial charge in [-0.3, -0.25) is 0 Å². The zero-order valence-electron chi connectivity index (χ0n) is 16.7. The number of hydrogen-bond donors (Lipinski definition) is 0. The van der Waals surface area contributed by atoms with Crippen molar-refractivity contribution in [3.05, 3.63) is 95.6 Å². The summed E-state index contributed by atoms with van der Waals surface area (Å²) >= 11 is 0. The Morgan fingerprint density at radius 2 is 1.66 bits per heavy atom. The van der Waals surface area contributed by atoms with Crippen molar-refractivity contribution in [2.75, 3.05) is 0 Å². The van der Waals surface area contributed by atoms with Crippen molar-refractivity contribution in [3.8, 4) is 11.5 Å². The number of benzene rings is 3. The van der Waals surface area contributed by atoms with Crippen LogP contribution in [0.5, 0.6) is 11.5 Å². The molecule has 2 atom stereocenters. The van der Waals surface area contributed by atoms with E-state index in [-0.39, 0.29) is 18.4 Å². The van der Waals surface area contributed by atoms with Crippen LogP contribution in [0.4, 0.5) is 0 Å². The van der Waals surface area contributed by atoms with Crippen molar-refractivity contribution in [1.29, 1.82) is 0 Å². The molecular weight excluding hydrogens is 360 g/mol. The molecule has 2 aliphatic rings. The van der Waals surface area contributed by atoms with Crippen LogP contribution in [0.3, 0.4) is 0 Å². The summed E-state index contributed by atoms with van der Waals surface area (Å²) in [5.41, 5.74) is 4.50. The fraction of sp³-hybridized carbons (Fsp3) is 0.240. The molecule has 3 aromatic carbocycles. The van der Waals surface area contributed by atoms with Gasteiger partial charge in [0.15, 0.2) is 0 Å². The van der Waals surface area contributed by atoms with Gasteiger partial charge < -0.3 is 9.47 Å². The number of hydrazone groups is 1. The van der Waals surface area contributed by atoms with E-state index in [1.54, 1.807) is 0 Å². The quantitative estimate of drug-likeness (QED) is 0.577. The number of fused-ring (bicyclic) bond motifs is 3. The Hall–Kier alpha value is -3.27. The van der Waals surface area contributed by atoms with Crippen LogP contribution in [-0.2, 0) is 0 Å². The molecule has 0 aliphatic carbocycles. The molecule has 0 saturated heterocycles. The predicted octanol–water partition coefficient (Wildman–Crippen LogP) is 5.72. The molecule has 0 unspecified atom stereocenters. The summed E-state index contributed by atoms with van der Waals surface area (Å²) in [6.07, 6.45) is 0.796. The SMILES string of the molecule is CC(C)Oc1ccc(C2=NN3[C@@H](C2)c2ccccc2O[C@H]3c2ccccc2)cc1. The lowest BCUT2D eigenvalue weighted by molar-refractivity contribution is -0.0190. The van der Waals surface area contributed by atoms with Gasteiger partial charge in [-0.2, -0.15) is 5.10 Å². The van der Waals surface area contributed by atoms with Crippen LogP contribution in [-0.4, -0.2) is 16.8 Å². The summed E-state index contributed by atoms with van der Waals surface area (Å²) in [5.74, 6) is 1.83. The van der Waals surface area contributed by atoms with Crippen LogP contribution in [0.1, 0.15) is 49.2 Å². The van der Waals surface area contributed by atoms with Crippen molar-refractivity contribution in [2.24, 2.45) is 5.10 Å². The minimum atomic E-state index is -0.225. The molecule has 0 radical (unpaired) electrons. The Balaban J connectivity index is 1.50. The first-order valence-corrected chi connectivity index (χ1v) is 10.1. The minimum Gasteiger partial charge on any atom is -0.491 e. The monoisotopic (exact) mass is 384 g/mol. The maximum absolute atomic E-state index is 6.38. The second-order valence-corrected chi connectivity index (χ2v) is 7.76. The van der Waals surface area contributed by atoms with E-state index in [9.17, 15) is 0 Å². The predicted molar refractivity (Wildman–Crippen MR) is 114 cm³/mol. The topological polar surface area (TPSA) is 34.1 Å². The van der Waals surface area contributed by atoms with Crippen molar-refractivity contribution in [1.82, 2.24) is 5.01 Å². The Morgan fingerprint density at radius 1 is 0.931 bits per heavy atom. The van der Waals surface area contributed by atoms with Gasteiger partial charge in [0.1, 0.15) is 11.5 Å². The Bertz CT molecular complexity index is 1030. The summed E-state index contributed by atoms with van der Waals surface area (Å²) in [4.78, 5) is 0. The molecule has 0 aromatic heterocycles. The van der Waals surface area contributed by atoms with Gasteiger partial charge in [0, 0.05) is 17.5 Å². The van der Waals surface area contributed by atoms with Crippen LogP contribution in [0, 0.1) is 0 Å². The van der Waals surface area contributed by atoms with E-state index in [0.29, 0.717) is 0 Å². The van der Waals surface area contributed by atoms with Crippen LogP contribution in [0.15, 0.2) is 84.0 Å². The number of rotatable bonds is 4. The molecule has 0 fully saturated rings. The van der Waals surface area contributed by atoms with E-state index in [2.05, 4.69) is 47.5 Å². The fourth-order valence-electron chi connectivity index (χ4n) is 4.04. The molecule has 0 amide bonds. The molecule has 4 nitrogen and oxygen atoms in total. The Morgan fingerprint density at radius 3 is 2.41 bits per heavy atom. The molecule has 146 valence electrons. The van der Waals surface area contributed by atoms with Crippen molar-refractivity contribution in [3.63, 3.8) is 0 Å². The third-order valence-electron chi connectivity index (χ3n) is 5.34. The maximum Gasteiger partial charge on any atom is 0.213 e. The molecule has 0 saturated carbocycles. The molecule has 0 N–H and O–H groups in total. The lowest BCUT2D eigenvalue weighted by Crippen LogP contribution is -2.33. The number of ether oxygens (including phenoxy) is 2. The lowest BCUT2D eigenvalue weighted by Gasteiger charge is -2.38. The normalized spacial score (nSPS) is 20.0. The molecule has 2 heterocycles. The van der Waals surface area contributed by atoms with E-state index in [1.165, 1.54) is 5.56 Å². The average Bonchev–Trinajstić information content (AvgIpc) is 3.19. The summed E-state index contributed by atoms with van der Waals surface area (Å²) < 4.78 is 12.2. The highest BCUT2D eigenvalue weighted by Gasteiger charge is 2.40. The Labute approximate surface area is 171 Å². The second kappa shape index (κ2) is 7.28. The molecule has 3 aromatic rings. The minimum absolute atomic E-state index is 0.166. The van der Waals surface area contributed by atoms with Crippen molar-refractivity contribution >= 4 is 5.71 Å². The number of hydrogen-bond acceptors (Lipinski definition) is 4. The number of nitrogens with zero attached hydrogens (tertiary/aromatic N) is 2. The lowest BCUT2D eigenvalue weighted by atomic mass is 9.96. The van der Waals surface area contributed by atoms with Gasteiger partial charge in [-0.05, 0) is 49.7 Å². The summed E-state index contributed by atoms with van der Waals surface area (Å²) in [6, 6.07) is 27.0. The summed E-state index contributed by atoms with van der Waals surface area (Å²) in [5, 5.41) is 7.13. The van der Waals surface area contributed by atoms with E-state index >= 15 is 0 Å². The zero-order chi connectivity index (χ0) is 19.8. The highest BCUT2D eigenvalue weighted by molar-refractivity contribution is 6.02. The molecule has 5 rings (SSSR count). The smallest absolute Gasteiger partial charge is 0.213 e. The van der Waals surface area contributed by atoms with Crippen LogP contribution >= 0.6 is 0 Å². The third-order valence-corrected chi connectivity index (χ3v) is 5.34. The first kappa shape index (κ1) is 17.8. The van der Waals surface area contributed by atoms with Crippen LogP contribution in [0.2, 0.25) is 0 Å². The van der Waals surface area contributed by atoms with E-state index < -0.39 is 0 Å². The molecular formula is C25H24N2O2. The highest BCUT2D eigenvalue weighted by atomic mass is 16.5. The van der Waals surface area contributed by atoms with E-state index in [4.69, 9.17) is 14.6 Å². The van der Waals surface area contributed by atoms with Gasteiger partial charge in [0.25, 0.3) is 0 Å². The van der Waals surface area contributed by atoms with E-state index in [0.717, 1.165) is 34.8 Å². The number of para-hydroxylation sites is 1. The summed E-state index contributed by atoms with van der Waals surface area (Å²) in [7, 11) is 0. The van der Waals surface area contributed by atoms with Gasteiger partial charge in [-0.1, -0.05) is 48.5 Å². The largest absolute Gasteiger partial charge is 0.491 e. The summed E-state index contributed by atoms with van der Waals surface area (Å²) in [6.45, 7) is 4.07. The fourth-order valence-corrected chi connectivity index (χ4v) is 4.04. The van der Waals surface area contributed by atoms with Gasteiger partial charge in [0.2, 0.25) is 6.23 Å². The zero-order valence-corrected chi connectivity index (χ0v) is 16.7. The molecule has 2 aliphatic heterocycles. The van der Waals surface area contributed by atoms with Crippen molar-refractivity contribution < 1.29 is 9.47 Å².